The van der Waals surface area contributed by atoms with Crippen LogP contribution >= 0.6 is 0 Å². The summed E-state index contributed by atoms with van der Waals surface area (Å²) in [6.07, 6.45) is 0.441. The number of carbonyl (C=O) groups excluding carboxylic acids is 2. The first kappa shape index (κ1) is 18.2. The Morgan fingerprint density at radius 1 is 0.885 bits per heavy atom. The summed E-state index contributed by atoms with van der Waals surface area (Å²) in [4.78, 5) is 28.7. The third-order valence-corrected chi connectivity index (χ3v) is 4.43. The van der Waals surface area contributed by atoms with Gasteiger partial charge in [-0.15, -0.1) is 0 Å². The minimum atomic E-state index is -0.510. The van der Waals surface area contributed by atoms with Gasteiger partial charge in [0.15, 0.2) is 0 Å². The quantitative estimate of drug-likeness (QED) is 0.780. The largest absolute Gasteiger partial charge is 0.444 e. The van der Waals surface area contributed by atoms with E-state index >= 15 is 0 Å². The molecule has 0 atom stereocenters. The predicted octanol–water partition coefficient (Wildman–Crippen LogP) is 3.92. The molecule has 0 saturated carbocycles. The van der Waals surface area contributed by atoms with Crippen molar-refractivity contribution >= 4 is 22.8 Å². The standard InChI is InChI=1S/C21H26N2O3/c1-21(2,3)26-20(25)23-12-6-11-22(13-14-23)19(24)18-10-9-16-7-4-5-8-17(16)15-18/h4-5,7-10,15H,6,11-14H2,1-3H3. The lowest BCUT2D eigenvalue weighted by Gasteiger charge is -2.26. The zero-order valence-corrected chi connectivity index (χ0v) is 15.7. The Hall–Kier alpha value is -2.56. The van der Waals surface area contributed by atoms with E-state index in [4.69, 9.17) is 4.74 Å². The van der Waals surface area contributed by atoms with Crippen molar-refractivity contribution < 1.29 is 14.3 Å². The highest BCUT2D eigenvalue weighted by atomic mass is 16.6. The Morgan fingerprint density at radius 3 is 2.27 bits per heavy atom. The molecule has 1 heterocycles. The van der Waals surface area contributed by atoms with Crippen molar-refractivity contribution in [2.24, 2.45) is 0 Å². The molecule has 26 heavy (non-hydrogen) atoms. The molecule has 1 saturated heterocycles. The molecule has 0 unspecified atom stereocenters. The van der Waals surface area contributed by atoms with Crippen molar-refractivity contribution in [3.05, 3.63) is 48.0 Å². The van der Waals surface area contributed by atoms with Gasteiger partial charge in [0.1, 0.15) is 5.60 Å². The van der Waals surface area contributed by atoms with Gasteiger partial charge in [-0.1, -0.05) is 30.3 Å². The summed E-state index contributed by atoms with van der Waals surface area (Å²) in [5.41, 5.74) is 0.179. The van der Waals surface area contributed by atoms with E-state index in [0.717, 1.165) is 17.2 Å². The number of rotatable bonds is 1. The zero-order valence-electron chi connectivity index (χ0n) is 15.7. The van der Waals surface area contributed by atoms with E-state index in [9.17, 15) is 9.59 Å². The lowest BCUT2D eigenvalue weighted by Crippen LogP contribution is -2.40. The van der Waals surface area contributed by atoms with Crippen molar-refractivity contribution in [2.45, 2.75) is 32.8 Å². The van der Waals surface area contributed by atoms with Gasteiger partial charge < -0.3 is 14.5 Å². The summed E-state index contributed by atoms with van der Waals surface area (Å²) in [7, 11) is 0. The molecule has 0 radical (unpaired) electrons. The number of fused-ring (bicyclic) bond motifs is 1. The van der Waals surface area contributed by atoms with Crippen LogP contribution in [0.3, 0.4) is 0 Å². The second-order valence-electron chi connectivity index (χ2n) is 7.68. The van der Waals surface area contributed by atoms with Crippen molar-refractivity contribution in [3.63, 3.8) is 0 Å². The van der Waals surface area contributed by atoms with E-state index in [0.29, 0.717) is 31.7 Å². The van der Waals surface area contributed by atoms with Gasteiger partial charge in [0.05, 0.1) is 0 Å². The second-order valence-corrected chi connectivity index (χ2v) is 7.68. The molecule has 2 amide bonds. The smallest absolute Gasteiger partial charge is 0.410 e. The minimum absolute atomic E-state index is 0.0155. The predicted molar refractivity (Wildman–Crippen MR) is 102 cm³/mol. The summed E-state index contributed by atoms with van der Waals surface area (Å²) >= 11 is 0. The Bertz CT molecular complexity index is 810. The highest BCUT2D eigenvalue weighted by Crippen LogP contribution is 2.18. The van der Waals surface area contributed by atoms with Gasteiger partial charge in [0.25, 0.3) is 5.91 Å². The average Bonchev–Trinajstić information content (AvgIpc) is 2.85. The average molecular weight is 354 g/mol. The van der Waals surface area contributed by atoms with Crippen LogP contribution in [0.25, 0.3) is 10.8 Å². The molecular weight excluding hydrogens is 328 g/mol. The number of nitrogens with zero attached hydrogens (tertiary/aromatic N) is 2. The Labute approximate surface area is 154 Å². The van der Waals surface area contributed by atoms with Crippen molar-refractivity contribution in [3.8, 4) is 0 Å². The van der Waals surface area contributed by atoms with Gasteiger partial charge in [0, 0.05) is 31.7 Å². The Morgan fingerprint density at radius 2 is 1.54 bits per heavy atom. The molecule has 5 heteroatoms. The van der Waals surface area contributed by atoms with Gasteiger partial charge in [-0.05, 0) is 50.1 Å². The fourth-order valence-electron chi connectivity index (χ4n) is 3.13. The number of amides is 2. The molecule has 0 N–H and O–H groups in total. The van der Waals surface area contributed by atoms with Gasteiger partial charge in [0.2, 0.25) is 0 Å². The van der Waals surface area contributed by atoms with E-state index in [1.54, 1.807) is 4.90 Å². The lowest BCUT2D eigenvalue weighted by molar-refractivity contribution is 0.0255. The fourth-order valence-corrected chi connectivity index (χ4v) is 3.13. The first-order chi connectivity index (χ1) is 12.3. The highest BCUT2D eigenvalue weighted by molar-refractivity contribution is 5.98. The molecule has 2 aromatic rings. The van der Waals surface area contributed by atoms with Gasteiger partial charge in [-0.2, -0.15) is 0 Å². The summed E-state index contributed by atoms with van der Waals surface area (Å²) in [5.74, 6) is 0.0155. The molecule has 1 aliphatic rings. The number of carbonyl (C=O) groups is 2. The Balaban J connectivity index is 1.68. The molecule has 3 rings (SSSR count). The monoisotopic (exact) mass is 354 g/mol. The molecule has 5 nitrogen and oxygen atoms in total. The third-order valence-electron chi connectivity index (χ3n) is 4.43. The van der Waals surface area contributed by atoms with E-state index in [2.05, 4.69) is 0 Å². The van der Waals surface area contributed by atoms with Crippen LogP contribution in [0.2, 0.25) is 0 Å². The van der Waals surface area contributed by atoms with Crippen LogP contribution in [-0.4, -0.2) is 53.6 Å². The van der Waals surface area contributed by atoms with Crippen LogP contribution in [0.4, 0.5) is 4.79 Å². The van der Waals surface area contributed by atoms with E-state index in [1.165, 1.54) is 0 Å². The topological polar surface area (TPSA) is 49.9 Å². The van der Waals surface area contributed by atoms with Crippen LogP contribution in [0.5, 0.6) is 0 Å². The summed E-state index contributed by atoms with van der Waals surface area (Å²) < 4.78 is 5.44. The fraction of sp³-hybridized carbons (Fsp3) is 0.429. The van der Waals surface area contributed by atoms with E-state index in [-0.39, 0.29) is 12.0 Å². The summed E-state index contributed by atoms with van der Waals surface area (Å²) in [6, 6.07) is 13.8. The first-order valence-corrected chi connectivity index (χ1v) is 9.09. The Kier molecular flexibility index (Phi) is 5.16. The molecule has 138 valence electrons. The highest BCUT2D eigenvalue weighted by Gasteiger charge is 2.26. The molecule has 0 bridgehead atoms. The maximum Gasteiger partial charge on any atom is 0.410 e. The summed E-state index contributed by atoms with van der Waals surface area (Å²) in [5, 5.41) is 2.18. The van der Waals surface area contributed by atoms with Crippen LogP contribution in [0, 0.1) is 0 Å². The van der Waals surface area contributed by atoms with E-state index in [1.807, 2.05) is 68.1 Å². The van der Waals surface area contributed by atoms with Crippen molar-refractivity contribution in [2.75, 3.05) is 26.2 Å². The first-order valence-electron chi connectivity index (χ1n) is 9.09. The molecule has 0 aromatic heterocycles. The maximum absolute atomic E-state index is 12.9. The molecular formula is C21H26N2O3. The normalized spacial score (nSPS) is 15.7. The van der Waals surface area contributed by atoms with Crippen molar-refractivity contribution in [1.82, 2.24) is 9.80 Å². The SMILES string of the molecule is CC(C)(C)OC(=O)N1CCCN(C(=O)c2ccc3ccccc3c2)CC1. The third kappa shape index (κ3) is 4.34. The molecule has 2 aromatic carbocycles. The zero-order chi connectivity index (χ0) is 18.7. The number of benzene rings is 2. The lowest BCUT2D eigenvalue weighted by atomic mass is 10.1. The van der Waals surface area contributed by atoms with E-state index < -0.39 is 5.60 Å². The molecule has 0 aliphatic carbocycles. The number of hydrogen-bond acceptors (Lipinski definition) is 3. The van der Waals surface area contributed by atoms with Crippen LogP contribution in [0.1, 0.15) is 37.6 Å². The number of hydrogen-bond donors (Lipinski definition) is 0. The maximum atomic E-state index is 12.9. The van der Waals surface area contributed by atoms with Gasteiger partial charge in [-0.25, -0.2) is 4.79 Å². The summed E-state index contributed by atoms with van der Waals surface area (Å²) in [6.45, 7) is 7.84. The second kappa shape index (κ2) is 7.36. The van der Waals surface area contributed by atoms with Gasteiger partial charge in [-0.3, -0.25) is 4.79 Å². The number of ether oxygens (including phenoxy) is 1. The van der Waals surface area contributed by atoms with Crippen LogP contribution < -0.4 is 0 Å². The molecule has 1 aliphatic heterocycles. The molecule has 1 fully saturated rings. The minimum Gasteiger partial charge on any atom is -0.444 e. The van der Waals surface area contributed by atoms with Crippen LogP contribution in [0.15, 0.2) is 42.5 Å². The van der Waals surface area contributed by atoms with Crippen molar-refractivity contribution in [1.29, 1.82) is 0 Å². The molecule has 0 spiro atoms. The van der Waals surface area contributed by atoms with Gasteiger partial charge >= 0.3 is 6.09 Å². The van der Waals surface area contributed by atoms with Crippen LogP contribution in [-0.2, 0) is 4.74 Å².